The third-order valence-electron chi connectivity index (χ3n) is 4.39. The molecule has 0 atom stereocenters. The molecule has 1 aromatic carbocycles. The monoisotopic (exact) mass is 310 g/mol. The molecule has 0 aliphatic heterocycles. The lowest BCUT2D eigenvalue weighted by atomic mass is 9.99. The maximum atomic E-state index is 4.37. The molecule has 5 rings (SSSR count). The third kappa shape index (κ3) is 1.93. The Morgan fingerprint density at radius 1 is 0.625 bits per heavy atom. The van der Waals surface area contributed by atoms with Crippen LogP contribution in [0, 0.1) is 0 Å². The standard InChI is InChI=1S/C20H14N4/c1-4-13(17-11-23-19-15(17)6-2-8-21-19)10-14(5-1)18-12-24-20-16(18)7-3-9-22-20/h1-12H,(H,21,23)(H,22,24). The molecule has 24 heavy (non-hydrogen) atoms. The number of fused-ring (bicyclic) bond motifs is 2. The molecule has 4 aromatic heterocycles. The van der Waals surface area contributed by atoms with E-state index in [1.165, 1.54) is 11.1 Å². The van der Waals surface area contributed by atoms with Gasteiger partial charge in [-0.2, -0.15) is 0 Å². The zero-order valence-corrected chi connectivity index (χ0v) is 12.8. The lowest BCUT2D eigenvalue weighted by Gasteiger charge is -2.04. The molecule has 0 fully saturated rings. The number of nitrogens with one attached hydrogen (secondary N) is 2. The molecule has 0 amide bonds. The number of pyridine rings is 2. The zero-order chi connectivity index (χ0) is 15.9. The quantitative estimate of drug-likeness (QED) is 0.493. The van der Waals surface area contributed by atoms with E-state index in [0.29, 0.717) is 0 Å². The van der Waals surface area contributed by atoms with Crippen LogP contribution in [0.25, 0.3) is 44.3 Å². The molecule has 0 unspecified atom stereocenters. The van der Waals surface area contributed by atoms with Gasteiger partial charge in [-0.1, -0.05) is 18.2 Å². The molecule has 0 saturated heterocycles. The Labute approximate surface area is 138 Å². The largest absolute Gasteiger partial charge is 0.346 e. The zero-order valence-electron chi connectivity index (χ0n) is 12.8. The summed E-state index contributed by atoms with van der Waals surface area (Å²) in [6.07, 6.45) is 7.65. The van der Waals surface area contributed by atoms with Crippen molar-refractivity contribution in [1.82, 2.24) is 19.9 Å². The fourth-order valence-electron chi connectivity index (χ4n) is 3.24. The van der Waals surface area contributed by atoms with Gasteiger partial charge in [-0.25, -0.2) is 9.97 Å². The van der Waals surface area contributed by atoms with Gasteiger partial charge in [0.05, 0.1) is 0 Å². The van der Waals surface area contributed by atoms with Crippen molar-refractivity contribution in [2.24, 2.45) is 0 Å². The van der Waals surface area contributed by atoms with Crippen molar-refractivity contribution in [2.45, 2.75) is 0 Å². The van der Waals surface area contributed by atoms with Crippen LogP contribution in [0.15, 0.2) is 73.3 Å². The van der Waals surface area contributed by atoms with Crippen molar-refractivity contribution >= 4 is 22.1 Å². The second-order valence-electron chi connectivity index (χ2n) is 5.78. The van der Waals surface area contributed by atoms with Gasteiger partial charge in [0.15, 0.2) is 0 Å². The van der Waals surface area contributed by atoms with Gasteiger partial charge in [0.2, 0.25) is 0 Å². The summed E-state index contributed by atoms with van der Waals surface area (Å²) in [5.41, 5.74) is 6.49. The number of nitrogens with zero attached hydrogens (tertiary/aromatic N) is 2. The highest BCUT2D eigenvalue weighted by Gasteiger charge is 2.10. The molecule has 2 N–H and O–H groups in total. The van der Waals surface area contributed by atoms with E-state index >= 15 is 0 Å². The summed E-state index contributed by atoms with van der Waals surface area (Å²) < 4.78 is 0. The molecular formula is C20H14N4. The van der Waals surface area contributed by atoms with Crippen LogP contribution in [-0.2, 0) is 0 Å². The summed E-state index contributed by atoms with van der Waals surface area (Å²) in [5.74, 6) is 0. The van der Waals surface area contributed by atoms with Crippen molar-refractivity contribution in [1.29, 1.82) is 0 Å². The van der Waals surface area contributed by atoms with Crippen LogP contribution >= 0.6 is 0 Å². The SMILES string of the molecule is c1cc(-c2c[nH]c3ncccc23)cc(-c2c[nH]c3ncccc23)c1. The van der Waals surface area contributed by atoms with Crippen molar-refractivity contribution in [2.75, 3.05) is 0 Å². The second-order valence-corrected chi connectivity index (χ2v) is 5.78. The van der Waals surface area contributed by atoms with Gasteiger partial charge in [-0.3, -0.25) is 0 Å². The smallest absolute Gasteiger partial charge is 0.137 e. The van der Waals surface area contributed by atoms with E-state index < -0.39 is 0 Å². The predicted octanol–water partition coefficient (Wildman–Crippen LogP) is 4.77. The maximum absolute atomic E-state index is 4.37. The number of benzene rings is 1. The average Bonchev–Trinajstić information content (AvgIpc) is 3.26. The maximum Gasteiger partial charge on any atom is 0.137 e. The van der Waals surface area contributed by atoms with Gasteiger partial charge >= 0.3 is 0 Å². The highest BCUT2D eigenvalue weighted by Crippen LogP contribution is 2.33. The number of hydrogen-bond donors (Lipinski definition) is 2. The molecular weight excluding hydrogens is 296 g/mol. The normalized spacial score (nSPS) is 11.3. The first-order valence-electron chi connectivity index (χ1n) is 7.85. The molecule has 0 spiro atoms. The van der Waals surface area contributed by atoms with E-state index in [9.17, 15) is 0 Å². The average molecular weight is 310 g/mol. The molecule has 0 aliphatic carbocycles. The van der Waals surface area contributed by atoms with Crippen LogP contribution in [-0.4, -0.2) is 19.9 Å². The Bertz CT molecular complexity index is 1080. The third-order valence-corrected chi connectivity index (χ3v) is 4.39. The molecule has 4 nitrogen and oxygen atoms in total. The first kappa shape index (κ1) is 13.1. The Morgan fingerprint density at radius 3 is 1.71 bits per heavy atom. The summed E-state index contributed by atoms with van der Waals surface area (Å²) in [5, 5.41) is 2.27. The second kappa shape index (κ2) is 5.06. The van der Waals surface area contributed by atoms with Gasteiger partial charge in [0, 0.05) is 46.7 Å². The van der Waals surface area contributed by atoms with Gasteiger partial charge in [-0.05, 0) is 41.5 Å². The molecule has 4 heterocycles. The Kier molecular flexibility index (Phi) is 2.76. The number of aromatic amines is 2. The highest BCUT2D eigenvalue weighted by molar-refractivity contribution is 5.97. The van der Waals surface area contributed by atoms with E-state index in [1.807, 2.05) is 24.5 Å². The van der Waals surface area contributed by atoms with Crippen molar-refractivity contribution in [3.05, 3.63) is 73.3 Å². The number of H-pyrrole nitrogens is 2. The highest BCUT2D eigenvalue weighted by atomic mass is 14.8. The van der Waals surface area contributed by atoms with Gasteiger partial charge in [0.25, 0.3) is 0 Å². The minimum absolute atomic E-state index is 0.911. The minimum Gasteiger partial charge on any atom is -0.346 e. The molecule has 0 bridgehead atoms. The van der Waals surface area contributed by atoms with E-state index in [1.54, 1.807) is 12.4 Å². The number of hydrogen-bond acceptors (Lipinski definition) is 2. The van der Waals surface area contributed by atoms with Gasteiger partial charge in [0.1, 0.15) is 11.3 Å². The van der Waals surface area contributed by atoms with Gasteiger partial charge in [-0.15, -0.1) is 0 Å². The Morgan fingerprint density at radius 2 is 1.17 bits per heavy atom. The van der Waals surface area contributed by atoms with Crippen molar-refractivity contribution in [3.8, 4) is 22.3 Å². The molecule has 0 aliphatic rings. The molecule has 114 valence electrons. The van der Waals surface area contributed by atoms with E-state index in [0.717, 1.165) is 33.2 Å². The molecule has 0 saturated carbocycles. The van der Waals surface area contributed by atoms with E-state index in [2.05, 4.69) is 56.3 Å². The topological polar surface area (TPSA) is 57.4 Å². The molecule has 4 heteroatoms. The van der Waals surface area contributed by atoms with Crippen LogP contribution in [0.5, 0.6) is 0 Å². The van der Waals surface area contributed by atoms with E-state index in [4.69, 9.17) is 0 Å². The summed E-state index contributed by atoms with van der Waals surface area (Å²) in [6.45, 7) is 0. The van der Waals surface area contributed by atoms with Gasteiger partial charge < -0.3 is 9.97 Å². The lowest BCUT2D eigenvalue weighted by Crippen LogP contribution is -1.80. The number of aromatic nitrogens is 4. The first-order valence-corrected chi connectivity index (χ1v) is 7.85. The molecule has 5 aromatic rings. The minimum atomic E-state index is 0.911. The fraction of sp³-hybridized carbons (Fsp3) is 0. The van der Waals surface area contributed by atoms with Crippen LogP contribution in [0.1, 0.15) is 0 Å². The predicted molar refractivity (Wildman–Crippen MR) is 96.6 cm³/mol. The van der Waals surface area contributed by atoms with Crippen molar-refractivity contribution < 1.29 is 0 Å². The van der Waals surface area contributed by atoms with Crippen molar-refractivity contribution in [3.63, 3.8) is 0 Å². The Hall–Kier alpha value is -3.40. The molecule has 0 radical (unpaired) electrons. The Balaban J connectivity index is 1.69. The van der Waals surface area contributed by atoms with Crippen LogP contribution in [0.3, 0.4) is 0 Å². The van der Waals surface area contributed by atoms with Crippen LogP contribution in [0.2, 0.25) is 0 Å². The summed E-state index contributed by atoms with van der Waals surface area (Å²) in [7, 11) is 0. The van der Waals surface area contributed by atoms with Crippen LogP contribution in [0.4, 0.5) is 0 Å². The number of rotatable bonds is 2. The summed E-state index contributed by atoms with van der Waals surface area (Å²) in [6, 6.07) is 16.7. The summed E-state index contributed by atoms with van der Waals surface area (Å²) >= 11 is 0. The first-order chi connectivity index (χ1) is 11.9. The summed E-state index contributed by atoms with van der Waals surface area (Å²) in [4.78, 5) is 15.2. The fourth-order valence-corrected chi connectivity index (χ4v) is 3.24. The van der Waals surface area contributed by atoms with E-state index in [-0.39, 0.29) is 0 Å². The van der Waals surface area contributed by atoms with Crippen LogP contribution < -0.4 is 0 Å². The lowest BCUT2D eigenvalue weighted by molar-refractivity contribution is 1.33.